The second kappa shape index (κ2) is 7.57. The van der Waals surface area contributed by atoms with Gasteiger partial charge < -0.3 is 9.73 Å². The van der Waals surface area contributed by atoms with Crippen molar-refractivity contribution in [1.82, 2.24) is 15.1 Å². The SMILES string of the molecule is Cc1cc(C)n(C(CNC(=O)Cc2ccccc2Cl)c2ccco2)n1. The maximum Gasteiger partial charge on any atom is 0.224 e. The highest BCUT2D eigenvalue weighted by Gasteiger charge is 2.20. The van der Waals surface area contributed by atoms with Crippen LogP contribution < -0.4 is 5.32 Å². The molecule has 0 fully saturated rings. The highest BCUT2D eigenvalue weighted by Crippen LogP contribution is 2.20. The molecule has 0 spiro atoms. The van der Waals surface area contributed by atoms with E-state index < -0.39 is 0 Å². The Morgan fingerprint density at radius 1 is 1.28 bits per heavy atom. The lowest BCUT2D eigenvalue weighted by molar-refractivity contribution is -0.120. The number of amides is 1. The van der Waals surface area contributed by atoms with Crippen molar-refractivity contribution in [2.75, 3.05) is 6.54 Å². The Bertz CT molecular complexity index is 855. The Kier molecular flexibility index (Phi) is 5.24. The van der Waals surface area contributed by atoms with E-state index in [1.165, 1.54) is 0 Å². The van der Waals surface area contributed by atoms with Crippen LogP contribution in [0, 0.1) is 13.8 Å². The third kappa shape index (κ3) is 4.12. The first kappa shape index (κ1) is 17.3. The van der Waals surface area contributed by atoms with E-state index in [0.29, 0.717) is 11.6 Å². The van der Waals surface area contributed by atoms with Gasteiger partial charge in [0.15, 0.2) is 0 Å². The quantitative estimate of drug-likeness (QED) is 0.731. The van der Waals surface area contributed by atoms with Gasteiger partial charge in [-0.2, -0.15) is 5.10 Å². The lowest BCUT2D eigenvalue weighted by Gasteiger charge is -2.18. The lowest BCUT2D eigenvalue weighted by Crippen LogP contribution is -2.33. The normalized spacial score (nSPS) is 12.1. The number of nitrogens with zero attached hydrogens (tertiary/aromatic N) is 2. The predicted octanol–water partition coefficient (Wildman–Crippen LogP) is 3.69. The molecule has 0 aliphatic rings. The minimum atomic E-state index is -0.195. The molecule has 1 unspecified atom stereocenters. The van der Waals surface area contributed by atoms with Gasteiger partial charge in [-0.25, -0.2) is 0 Å². The molecule has 25 heavy (non-hydrogen) atoms. The highest BCUT2D eigenvalue weighted by atomic mass is 35.5. The Morgan fingerprint density at radius 3 is 2.72 bits per heavy atom. The fraction of sp³-hybridized carbons (Fsp3) is 0.263. The third-order valence-electron chi connectivity index (χ3n) is 4.01. The van der Waals surface area contributed by atoms with Crippen LogP contribution in [-0.4, -0.2) is 22.2 Å². The van der Waals surface area contributed by atoms with Crippen molar-refractivity contribution in [2.24, 2.45) is 0 Å². The Balaban J connectivity index is 1.72. The summed E-state index contributed by atoms with van der Waals surface area (Å²) in [5, 5.41) is 8.09. The second-order valence-corrected chi connectivity index (χ2v) is 6.38. The standard InChI is InChI=1S/C19H20ClN3O2/c1-13-10-14(2)23(22-13)17(18-8-5-9-25-18)12-21-19(24)11-15-6-3-4-7-16(15)20/h3-10,17H,11-12H2,1-2H3,(H,21,24). The maximum absolute atomic E-state index is 12.3. The van der Waals surface area contributed by atoms with Gasteiger partial charge in [0.1, 0.15) is 11.8 Å². The average Bonchev–Trinajstić information content (AvgIpc) is 3.20. The smallest absolute Gasteiger partial charge is 0.224 e. The Morgan fingerprint density at radius 2 is 2.08 bits per heavy atom. The van der Waals surface area contributed by atoms with Crippen LogP contribution in [0.25, 0.3) is 0 Å². The topological polar surface area (TPSA) is 60.1 Å². The zero-order valence-electron chi connectivity index (χ0n) is 14.2. The highest BCUT2D eigenvalue weighted by molar-refractivity contribution is 6.31. The largest absolute Gasteiger partial charge is 0.467 e. The molecular formula is C19H20ClN3O2. The molecule has 0 aliphatic carbocycles. The van der Waals surface area contributed by atoms with Crippen molar-refractivity contribution < 1.29 is 9.21 Å². The minimum absolute atomic E-state index is 0.0915. The van der Waals surface area contributed by atoms with Crippen molar-refractivity contribution in [3.63, 3.8) is 0 Å². The van der Waals surface area contributed by atoms with Crippen LogP contribution in [0.4, 0.5) is 0 Å². The van der Waals surface area contributed by atoms with Gasteiger partial charge in [-0.1, -0.05) is 29.8 Å². The zero-order chi connectivity index (χ0) is 17.8. The van der Waals surface area contributed by atoms with E-state index in [2.05, 4.69) is 10.4 Å². The number of rotatable bonds is 6. The predicted molar refractivity (Wildman–Crippen MR) is 96.7 cm³/mol. The number of hydrogen-bond donors (Lipinski definition) is 1. The number of carbonyl (C=O) groups is 1. The second-order valence-electron chi connectivity index (χ2n) is 5.98. The molecule has 5 nitrogen and oxygen atoms in total. The number of hydrogen-bond acceptors (Lipinski definition) is 3. The summed E-state index contributed by atoms with van der Waals surface area (Å²) in [4.78, 5) is 12.3. The number of carbonyl (C=O) groups excluding carboxylic acids is 1. The molecule has 0 bridgehead atoms. The van der Waals surface area contributed by atoms with Crippen LogP contribution in [0.5, 0.6) is 0 Å². The molecule has 1 atom stereocenters. The van der Waals surface area contributed by atoms with Crippen LogP contribution >= 0.6 is 11.6 Å². The van der Waals surface area contributed by atoms with Crippen LogP contribution in [0.2, 0.25) is 5.02 Å². The molecule has 0 saturated heterocycles. The van der Waals surface area contributed by atoms with E-state index in [9.17, 15) is 4.79 Å². The van der Waals surface area contributed by atoms with Gasteiger partial charge in [-0.15, -0.1) is 0 Å². The summed E-state index contributed by atoms with van der Waals surface area (Å²) in [6.45, 7) is 4.32. The molecule has 1 N–H and O–H groups in total. The van der Waals surface area contributed by atoms with Crippen molar-refractivity contribution >= 4 is 17.5 Å². The van der Waals surface area contributed by atoms with Gasteiger partial charge in [0, 0.05) is 17.3 Å². The Labute approximate surface area is 151 Å². The number of aromatic nitrogens is 2. The van der Waals surface area contributed by atoms with Crippen molar-refractivity contribution in [3.05, 3.63) is 76.5 Å². The van der Waals surface area contributed by atoms with Crippen LogP contribution in [0.1, 0.15) is 28.8 Å². The van der Waals surface area contributed by atoms with Gasteiger partial charge in [-0.3, -0.25) is 9.48 Å². The van der Waals surface area contributed by atoms with Crippen molar-refractivity contribution in [3.8, 4) is 0 Å². The molecule has 6 heteroatoms. The molecule has 3 rings (SSSR count). The molecule has 1 aromatic carbocycles. The van der Waals surface area contributed by atoms with Gasteiger partial charge in [-0.05, 0) is 43.7 Å². The molecule has 0 saturated carbocycles. The fourth-order valence-electron chi connectivity index (χ4n) is 2.84. The van der Waals surface area contributed by atoms with Gasteiger partial charge in [0.2, 0.25) is 5.91 Å². The van der Waals surface area contributed by atoms with E-state index in [1.54, 1.807) is 12.3 Å². The van der Waals surface area contributed by atoms with E-state index in [-0.39, 0.29) is 18.4 Å². The molecule has 130 valence electrons. The molecule has 0 radical (unpaired) electrons. The summed E-state index contributed by atoms with van der Waals surface area (Å²) in [5.74, 6) is 0.662. The number of furan rings is 1. The summed E-state index contributed by atoms with van der Waals surface area (Å²) < 4.78 is 7.43. The first-order valence-corrected chi connectivity index (χ1v) is 8.48. The number of nitrogens with one attached hydrogen (secondary N) is 1. The average molecular weight is 358 g/mol. The summed E-state index contributed by atoms with van der Waals surface area (Å²) >= 11 is 6.12. The first-order chi connectivity index (χ1) is 12.0. The number of aryl methyl sites for hydroxylation is 2. The monoisotopic (exact) mass is 357 g/mol. The molecule has 0 aliphatic heterocycles. The molecule has 1 amide bonds. The van der Waals surface area contributed by atoms with E-state index in [1.807, 2.05) is 54.9 Å². The van der Waals surface area contributed by atoms with Gasteiger partial charge >= 0.3 is 0 Å². The number of benzene rings is 1. The van der Waals surface area contributed by atoms with Crippen LogP contribution in [-0.2, 0) is 11.2 Å². The summed E-state index contributed by atoms with van der Waals surface area (Å²) in [6.07, 6.45) is 1.86. The third-order valence-corrected chi connectivity index (χ3v) is 4.38. The molecular weight excluding hydrogens is 338 g/mol. The molecule has 2 heterocycles. The first-order valence-electron chi connectivity index (χ1n) is 8.11. The van der Waals surface area contributed by atoms with Crippen LogP contribution in [0.3, 0.4) is 0 Å². The minimum Gasteiger partial charge on any atom is -0.467 e. The van der Waals surface area contributed by atoms with Gasteiger partial charge in [0.05, 0.1) is 18.4 Å². The zero-order valence-corrected chi connectivity index (χ0v) is 15.0. The lowest BCUT2D eigenvalue weighted by atomic mass is 10.1. The maximum atomic E-state index is 12.3. The molecule has 2 aromatic heterocycles. The Hall–Kier alpha value is -2.53. The summed E-state index contributed by atoms with van der Waals surface area (Å²) in [7, 11) is 0. The van der Waals surface area contributed by atoms with Gasteiger partial charge in [0.25, 0.3) is 0 Å². The summed E-state index contributed by atoms with van der Waals surface area (Å²) in [6, 6.07) is 12.9. The summed E-state index contributed by atoms with van der Waals surface area (Å²) in [5.41, 5.74) is 2.75. The van der Waals surface area contributed by atoms with Crippen LogP contribution in [0.15, 0.2) is 53.1 Å². The van der Waals surface area contributed by atoms with Crippen molar-refractivity contribution in [2.45, 2.75) is 26.3 Å². The fourth-order valence-corrected chi connectivity index (χ4v) is 3.04. The van der Waals surface area contributed by atoms with E-state index >= 15 is 0 Å². The number of halogens is 1. The van der Waals surface area contributed by atoms with Crippen molar-refractivity contribution in [1.29, 1.82) is 0 Å². The van der Waals surface area contributed by atoms with E-state index in [4.69, 9.17) is 16.0 Å². The molecule has 3 aromatic rings. The van der Waals surface area contributed by atoms with E-state index in [0.717, 1.165) is 22.7 Å².